The Morgan fingerprint density at radius 1 is 1.20 bits per heavy atom. The number of pyridine rings is 1. The molecule has 1 atom stereocenters. The smallest absolute Gasteiger partial charge is 0.303 e. The van der Waals surface area contributed by atoms with E-state index in [4.69, 9.17) is 16.7 Å². The van der Waals surface area contributed by atoms with Crippen LogP contribution in [0, 0.1) is 13.8 Å². The van der Waals surface area contributed by atoms with Crippen LogP contribution in [-0.2, 0) is 4.79 Å². The molecule has 0 aliphatic heterocycles. The van der Waals surface area contributed by atoms with E-state index in [-0.39, 0.29) is 23.4 Å². The van der Waals surface area contributed by atoms with Gasteiger partial charge in [-0.05, 0) is 55.2 Å². The molecule has 5 nitrogen and oxygen atoms in total. The fraction of sp³-hybridized carbons (Fsp3) is 0.261. The molecule has 2 aromatic carbocycles. The number of halogens is 2. The van der Waals surface area contributed by atoms with Crippen molar-refractivity contribution in [2.45, 2.75) is 32.6 Å². The summed E-state index contributed by atoms with van der Waals surface area (Å²) in [5, 5.41) is 13.1. The standard InChI is InChI=1S/C23H22BrClN2O3/c1-13-5-3-4-6-17(13)15(7-10-20(28)29)12-26-23(30)21-14(2)22(25)27-19-9-8-16(24)11-18(19)21/h3-6,8-9,11,15H,7,10,12H2,1-2H3,(H,26,30)(H,28,29). The number of carbonyl (C=O) groups excluding carboxylic acids is 1. The second kappa shape index (κ2) is 9.58. The summed E-state index contributed by atoms with van der Waals surface area (Å²) in [5.41, 5.74) is 3.84. The molecule has 156 valence electrons. The van der Waals surface area contributed by atoms with Crippen LogP contribution in [0.4, 0.5) is 0 Å². The Morgan fingerprint density at radius 2 is 1.93 bits per heavy atom. The molecule has 30 heavy (non-hydrogen) atoms. The fourth-order valence-corrected chi connectivity index (χ4v) is 4.15. The molecule has 1 amide bonds. The van der Waals surface area contributed by atoms with Gasteiger partial charge in [0.05, 0.1) is 11.1 Å². The summed E-state index contributed by atoms with van der Waals surface area (Å²) in [7, 11) is 0. The Hall–Kier alpha value is -2.44. The predicted octanol–water partition coefficient (Wildman–Crippen LogP) is 5.65. The number of carboxylic acid groups (broad SMARTS) is 1. The summed E-state index contributed by atoms with van der Waals surface area (Å²) in [5.74, 6) is -1.22. The lowest BCUT2D eigenvalue weighted by atomic mass is 9.90. The fourth-order valence-electron chi connectivity index (χ4n) is 3.61. The molecule has 0 fully saturated rings. The molecule has 0 aliphatic rings. The molecule has 3 rings (SSSR count). The lowest BCUT2D eigenvalue weighted by Gasteiger charge is -2.20. The number of aromatic nitrogens is 1. The number of nitrogens with zero attached hydrogens (tertiary/aromatic N) is 1. The van der Waals surface area contributed by atoms with E-state index >= 15 is 0 Å². The van der Waals surface area contributed by atoms with Gasteiger partial charge in [-0.25, -0.2) is 4.98 Å². The van der Waals surface area contributed by atoms with Crippen LogP contribution in [-0.4, -0.2) is 28.5 Å². The van der Waals surface area contributed by atoms with Crippen molar-refractivity contribution in [1.29, 1.82) is 0 Å². The first-order valence-electron chi connectivity index (χ1n) is 9.58. The maximum Gasteiger partial charge on any atom is 0.303 e. The Labute approximate surface area is 188 Å². The monoisotopic (exact) mass is 488 g/mol. The molecule has 0 bridgehead atoms. The third kappa shape index (κ3) is 4.99. The summed E-state index contributed by atoms with van der Waals surface area (Å²) in [6.45, 7) is 4.09. The Morgan fingerprint density at radius 3 is 2.63 bits per heavy atom. The van der Waals surface area contributed by atoms with Crippen LogP contribution < -0.4 is 5.32 Å². The number of carbonyl (C=O) groups is 2. The molecular formula is C23H22BrClN2O3. The number of aryl methyl sites for hydroxylation is 1. The summed E-state index contributed by atoms with van der Waals surface area (Å²) in [4.78, 5) is 28.7. The number of hydrogen-bond donors (Lipinski definition) is 2. The summed E-state index contributed by atoms with van der Waals surface area (Å²) < 4.78 is 0.840. The molecule has 1 heterocycles. The summed E-state index contributed by atoms with van der Waals surface area (Å²) in [6.07, 6.45) is 0.466. The second-order valence-electron chi connectivity index (χ2n) is 7.26. The zero-order valence-corrected chi connectivity index (χ0v) is 19.0. The number of hydrogen-bond acceptors (Lipinski definition) is 3. The van der Waals surface area contributed by atoms with Crippen LogP contribution in [0.3, 0.4) is 0 Å². The quantitative estimate of drug-likeness (QED) is 0.421. The van der Waals surface area contributed by atoms with Crippen molar-refractivity contribution in [3.63, 3.8) is 0 Å². The van der Waals surface area contributed by atoms with Crippen LogP contribution >= 0.6 is 27.5 Å². The van der Waals surface area contributed by atoms with Gasteiger partial charge in [-0.15, -0.1) is 0 Å². The highest BCUT2D eigenvalue weighted by Gasteiger charge is 2.21. The van der Waals surface area contributed by atoms with Gasteiger partial charge < -0.3 is 10.4 Å². The highest BCUT2D eigenvalue weighted by atomic mass is 79.9. The number of fused-ring (bicyclic) bond motifs is 1. The van der Waals surface area contributed by atoms with Gasteiger partial charge in [0.2, 0.25) is 0 Å². The molecule has 1 unspecified atom stereocenters. The van der Waals surface area contributed by atoms with Crippen molar-refractivity contribution in [3.05, 3.63) is 74.3 Å². The van der Waals surface area contributed by atoms with E-state index in [0.29, 0.717) is 35.0 Å². The summed E-state index contributed by atoms with van der Waals surface area (Å²) in [6, 6.07) is 13.3. The number of aliphatic carboxylic acids is 1. The highest BCUT2D eigenvalue weighted by molar-refractivity contribution is 9.10. The van der Waals surface area contributed by atoms with Crippen molar-refractivity contribution in [2.24, 2.45) is 0 Å². The second-order valence-corrected chi connectivity index (χ2v) is 8.53. The third-order valence-electron chi connectivity index (χ3n) is 5.20. The number of benzene rings is 2. The molecular weight excluding hydrogens is 468 g/mol. The highest BCUT2D eigenvalue weighted by Crippen LogP contribution is 2.29. The molecule has 0 saturated heterocycles. The van der Waals surface area contributed by atoms with Gasteiger partial charge in [-0.3, -0.25) is 9.59 Å². The van der Waals surface area contributed by atoms with Crippen LogP contribution in [0.5, 0.6) is 0 Å². The van der Waals surface area contributed by atoms with Crippen molar-refractivity contribution in [2.75, 3.05) is 6.54 Å². The van der Waals surface area contributed by atoms with E-state index in [1.165, 1.54) is 0 Å². The first-order chi connectivity index (χ1) is 14.3. The van der Waals surface area contributed by atoms with E-state index in [9.17, 15) is 9.59 Å². The normalized spacial score (nSPS) is 12.0. The van der Waals surface area contributed by atoms with E-state index < -0.39 is 5.97 Å². The van der Waals surface area contributed by atoms with Crippen molar-refractivity contribution < 1.29 is 14.7 Å². The lowest BCUT2D eigenvalue weighted by Crippen LogP contribution is -2.30. The summed E-state index contributed by atoms with van der Waals surface area (Å²) >= 11 is 9.72. The van der Waals surface area contributed by atoms with E-state index in [1.807, 2.05) is 49.4 Å². The minimum atomic E-state index is -0.854. The Bertz CT molecular complexity index is 1120. The molecule has 3 aromatic rings. The SMILES string of the molecule is Cc1ccccc1C(CCC(=O)O)CNC(=O)c1c(C)c(Cl)nc2ccc(Br)cc12. The van der Waals surface area contributed by atoms with Gasteiger partial charge in [0.25, 0.3) is 5.91 Å². The van der Waals surface area contributed by atoms with Gasteiger partial charge in [0.1, 0.15) is 5.15 Å². The van der Waals surface area contributed by atoms with Crippen molar-refractivity contribution in [1.82, 2.24) is 10.3 Å². The lowest BCUT2D eigenvalue weighted by molar-refractivity contribution is -0.137. The van der Waals surface area contributed by atoms with Gasteiger partial charge in [-0.2, -0.15) is 0 Å². The topological polar surface area (TPSA) is 79.3 Å². The van der Waals surface area contributed by atoms with Crippen LogP contribution in [0.15, 0.2) is 46.9 Å². The maximum atomic E-state index is 13.2. The molecule has 0 saturated carbocycles. The molecule has 0 aliphatic carbocycles. The van der Waals surface area contributed by atoms with Gasteiger partial charge in [0.15, 0.2) is 0 Å². The molecule has 1 aromatic heterocycles. The maximum absolute atomic E-state index is 13.2. The predicted molar refractivity (Wildman–Crippen MR) is 122 cm³/mol. The van der Waals surface area contributed by atoms with Crippen molar-refractivity contribution in [3.8, 4) is 0 Å². The average molecular weight is 490 g/mol. The molecule has 2 N–H and O–H groups in total. The average Bonchev–Trinajstić information content (AvgIpc) is 2.70. The van der Waals surface area contributed by atoms with Crippen LogP contribution in [0.2, 0.25) is 5.15 Å². The van der Waals surface area contributed by atoms with E-state index in [0.717, 1.165) is 15.6 Å². The third-order valence-corrected chi connectivity index (χ3v) is 6.06. The van der Waals surface area contributed by atoms with Gasteiger partial charge >= 0.3 is 5.97 Å². The van der Waals surface area contributed by atoms with E-state index in [1.54, 1.807) is 6.92 Å². The molecule has 0 radical (unpaired) electrons. The van der Waals surface area contributed by atoms with Crippen LogP contribution in [0.1, 0.15) is 45.8 Å². The minimum Gasteiger partial charge on any atom is -0.481 e. The van der Waals surface area contributed by atoms with E-state index in [2.05, 4.69) is 26.2 Å². The first-order valence-corrected chi connectivity index (χ1v) is 10.8. The van der Waals surface area contributed by atoms with Crippen LogP contribution in [0.25, 0.3) is 10.9 Å². The van der Waals surface area contributed by atoms with Crippen molar-refractivity contribution >= 4 is 50.3 Å². The minimum absolute atomic E-state index is 0.0326. The largest absolute Gasteiger partial charge is 0.481 e. The number of carboxylic acids is 1. The van der Waals surface area contributed by atoms with Gasteiger partial charge in [-0.1, -0.05) is 51.8 Å². The van der Waals surface area contributed by atoms with Gasteiger partial charge in [0, 0.05) is 28.7 Å². The number of nitrogens with one attached hydrogen (secondary N) is 1. The Balaban J connectivity index is 1.90. The molecule has 7 heteroatoms. The molecule has 0 spiro atoms. The number of rotatable bonds is 7. The Kier molecular flexibility index (Phi) is 7.10. The zero-order chi connectivity index (χ0) is 21.8. The zero-order valence-electron chi connectivity index (χ0n) is 16.7. The number of amides is 1. The first kappa shape index (κ1) is 22.2.